The number of amidine groups is 1. The van der Waals surface area contributed by atoms with Crippen molar-refractivity contribution in [2.45, 2.75) is 32.9 Å². The molecule has 0 saturated carbocycles. The van der Waals surface area contributed by atoms with E-state index in [4.69, 9.17) is 10.9 Å². The fourth-order valence-corrected chi connectivity index (χ4v) is 2.16. The summed E-state index contributed by atoms with van der Waals surface area (Å²) in [5, 5.41) is 12.3. The molecule has 0 radical (unpaired) electrons. The van der Waals surface area contributed by atoms with Gasteiger partial charge in [0.25, 0.3) is 0 Å². The number of nitrogens with zero attached hydrogens (tertiary/aromatic N) is 3. The largest absolute Gasteiger partial charge is 0.409 e. The summed E-state index contributed by atoms with van der Waals surface area (Å²) in [6.45, 7) is 7.86. The third kappa shape index (κ3) is 3.59. The van der Waals surface area contributed by atoms with Crippen LogP contribution in [0.2, 0.25) is 0 Å². The maximum atomic E-state index is 8.55. The summed E-state index contributed by atoms with van der Waals surface area (Å²) in [7, 11) is 0. The average molecular weight is 254 g/mol. The summed E-state index contributed by atoms with van der Waals surface area (Å²) in [6, 6.07) is 0. The molecule has 1 aromatic rings. The van der Waals surface area contributed by atoms with E-state index in [1.165, 1.54) is 11.8 Å². The van der Waals surface area contributed by atoms with Crippen molar-refractivity contribution >= 4 is 17.6 Å². The molecule has 17 heavy (non-hydrogen) atoms. The minimum atomic E-state index is -0.00415. The van der Waals surface area contributed by atoms with Crippen molar-refractivity contribution in [1.82, 2.24) is 9.97 Å². The number of rotatable bonds is 4. The van der Waals surface area contributed by atoms with Crippen molar-refractivity contribution in [2.24, 2.45) is 16.8 Å². The SMILES string of the molecule is Cc1nc(SCC(C)C(N)=NO)nc(C)c1C. The van der Waals surface area contributed by atoms with Gasteiger partial charge in [-0.2, -0.15) is 0 Å². The highest BCUT2D eigenvalue weighted by Gasteiger charge is 2.11. The fourth-order valence-electron chi connectivity index (χ4n) is 1.19. The molecule has 1 heterocycles. The van der Waals surface area contributed by atoms with Crippen LogP contribution < -0.4 is 5.73 Å². The summed E-state index contributed by atoms with van der Waals surface area (Å²) in [6.07, 6.45) is 0. The lowest BCUT2D eigenvalue weighted by Crippen LogP contribution is -2.23. The minimum Gasteiger partial charge on any atom is -0.409 e. The normalized spacial score (nSPS) is 13.8. The summed E-state index contributed by atoms with van der Waals surface area (Å²) in [5.74, 6) is 0.922. The minimum absolute atomic E-state index is 0.00415. The molecular weight excluding hydrogens is 236 g/mol. The predicted octanol–water partition coefficient (Wildman–Crippen LogP) is 1.88. The van der Waals surface area contributed by atoms with E-state index in [9.17, 15) is 0 Å². The third-order valence-electron chi connectivity index (χ3n) is 2.69. The molecule has 1 unspecified atom stereocenters. The van der Waals surface area contributed by atoms with Gasteiger partial charge >= 0.3 is 0 Å². The Kier molecular flexibility index (Phi) is 4.74. The Labute approximate surface area is 106 Å². The van der Waals surface area contributed by atoms with Gasteiger partial charge in [-0.25, -0.2) is 9.97 Å². The van der Waals surface area contributed by atoms with Gasteiger partial charge in [-0.3, -0.25) is 0 Å². The van der Waals surface area contributed by atoms with E-state index >= 15 is 0 Å². The van der Waals surface area contributed by atoms with Gasteiger partial charge in [0.1, 0.15) is 5.84 Å². The van der Waals surface area contributed by atoms with Gasteiger partial charge in [-0.15, -0.1) is 0 Å². The van der Waals surface area contributed by atoms with Crippen LogP contribution in [0.15, 0.2) is 10.3 Å². The van der Waals surface area contributed by atoms with E-state index in [2.05, 4.69) is 15.1 Å². The molecule has 0 spiro atoms. The van der Waals surface area contributed by atoms with E-state index in [1.807, 2.05) is 27.7 Å². The van der Waals surface area contributed by atoms with Gasteiger partial charge in [-0.05, 0) is 26.3 Å². The number of oxime groups is 1. The Hall–Kier alpha value is -1.30. The quantitative estimate of drug-likeness (QED) is 0.214. The van der Waals surface area contributed by atoms with Crippen LogP contribution in [0.25, 0.3) is 0 Å². The predicted molar refractivity (Wildman–Crippen MR) is 69.5 cm³/mol. The molecule has 1 aromatic heterocycles. The summed E-state index contributed by atoms with van der Waals surface area (Å²) in [4.78, 5) is 8.80. The standard InChI is InChI=1S/C11H18N4OS/c1-6(10(12)15-16)5-17-11-13-8(3)7(2)9(4)14-11/h6,16H,5H2,1-4H3,(H2,12,15). The molecule has 0 aliphatic rings. The first kappa shape index (κ1) is 13.8. The number of thioether (sulfide) groups is 1. The molecule has 3 N–H and O–H groups in total. The highest BCUT2D eigenvalue weighted by Crippen LogP contribution is 2.19. The Morgan fingerprint density at radius 1 is 1.35 bits per heavy atom. The first-order valence-corrected chi connectivity index (χ1v) is 6.36. The molecule has 1 atom stereocenters. The van der Waals surface area contributed by atoms with Gasteiger partial charge in [0.2, 0.25) is 0 Å². The maximum Gasteiger partial charge on any atom is 0.188 e. The van der Waals surface area contributed by atoms with Crippen LogP contribution in [0.1, 0.15) is 23.9 Å². The Balaban J connectivity index is 2.71. The summed E-state index contributed by atoms with van der Waals surface area (Å²) >= 11 is 1.52. The molecule has 94 valence electrons. The van der Waals surface area contributed by atoms with Crippen LogP contribution in [0.5, 0.6) is 0 Å². The Morgan fingerprint density at radius 2 is 1.88 bits per heavy atom. The van der Waals surface area contributed by atoms with Gasteiger partial charge < -0.3 is 10.9 Å². The smallest absolute Gasteiger partial charge is 0.188 e. The van der Waals surface area contributed by atoms with E-state index in [0.717, 1.165) is 22.1 Å². The molecule has 0 fully saturated rings. The first-order valence-electron chi connectivity index (χ1n) is 5.37. The van der Waals surface area contributed by atoms with Gasteiger partial charge in [0, 0.05) is 23.1 Å². The molecule has 0 aliphatic carbocycles. The molecule has 6 heteroatoms. The van der Waals surface area contributed by atoms with E-state index in [1.54, 1.807) is 0 Å². The molecule has 0 aliphatic heterocycles. The fraction of sp³-hybridized carbons (Fsp3) is 0.545. The molecule has 0 saturated heterocycles. The van der Waals surface area contributed by atoms with Crippen LogP contribution in [0.4, 0.5) is 0 Å². The highest BCUT2D eigenvalue weighted by atomic mass is 32.2. The van der Waals surface area contributed by atoms with Crippen molar-refractivity contribution in [3.8, 4) is 0 Å². The maximum absolute atomic E-state index is 8.55. The van der Waals surface area contributed by atoms with Crippen LogP contribution in [0, 0.1) is 26.7 Å². The number of aryl methyl sites for hydroxylation is 2. The first-order chi connectivity index (χ1) is 7.95. The van der Waals surface area contributed by atoms with Crippen LogP contribution in [0.3, 0.4) is 0 Å². The molecule has 5 nitrogen and oxygen atoms in total. The zero-order valence-electron chi connectivity index (χ0n) is 10.6. The van der Waals surface area contributed by atoms with Crippen LogP contribution in [-0.2, 0) is 0 Å². The monoisotopic (exact) mass is 254 g/mol. The van der Waals surface area contributed by atoms with Gasteiger partial charge in [-0.1, -0.05) is 23.8 Å². The van der Waals surface area contributed by atoms with E-state index in [-0.39, 0.29) is 11.8 Å². The topological polar surface area (TPSA) is 84.4 Å². The zero-order valence-corrected chi connectivity index (χ0v) is 11.4. The lowest BCUT2D eigenvalue weighted by atomic mass is 10.2. The lowest BCUT2D eigenvalue weighted by molar-refractivity contribution is 0.315. The number of aromatic nitrogens is 2. The van der Waals surface area contributed by atoms with Gasteiger partial charge in [0.15, 0.2) is 5.16 Å². The van der Waals surface area contributed by atoms with Crippen LogP contribution in [-0.4, -0.2) is 26.8 Å². The van der Waals surface area contributed by atoms with Crippen molar-refractivity contribution in [1.29, 1.82) is 0 Å². The van der Waals surface area contributed by atoms with E-state index < -0.39 is 0 Å². The lowest BCUT2D eigenvalue weighted by Gasteiger charge is -2.10. The van der Waals surface area contributed by atoms with Crippen molar-refractivity contribution in [2.75, 3.05) is 5.75 Å². The number of hydrogen-bond donors (Lipinski definition) is 2. The molecule has 1 rings (SSSR count). The second-order valence-electron chi connectivity index (χ2n) is 4.04. The third-order valence-corrected chi connectivity index (χ3v) is 3.80. The number of nitrogens with two attached hydrogens (primary N) is 1. The van der Waals surface area contributed by atoms with Crippen molar-refractivity contribution in [3.05, 3.63) is 17.0 Å². The molecule has 0 amide bonds. The summed E-state index contributed by atoms with van der Waals surface area (Å²) < 4.78 is 0. The zero-order chi connectivity index (χ0) is 13.0. The van der Waals surface area contributed by atoms with Crippen LogP contribution >= 0.6 is 11.8 Å². The molecular formula is C11H18N4OS. The van der Waals surface area contributed by atoms with Crippen molar-refractivity contribution in [3.63, 3.8) is 0 Å². The van der Waals surface area contributed by atoms with Crippen molar-refractivity contribution < 1.29 is 5.21 Å². The van der Waals surface area contributed by atoms with E-state index in [0.29, 0.717) is 5.75 Å². The second kappa shape index (κ2) is 5.86. The summed E-state index contributed by atoms with van der Waals surface area (Å²) in [5.41, 5.74) is 8.63. The Morgan fingerprint density at radius 3 is 2.35 bits per heavy atom. The molecule has 0 bridgehead atoms. The average Bonchev–Trinajstić information content (AvgIpc) is 2.31. The van der Waals surface area contributed by atoms with Gasteiger partial charge in [0.05, 0.1) is 0 Å². The second-order valence-corrected chi connectivity index (χ2v) is 5.03. The Bertz CT molecular complexity index is 410. The number of hydrogen-bond acceptors (Lipinski definition) is 5. The molecule has 0 aromatic carbocycles. The highest BCUT2D eigenvalue weighted by molar-refractivity contribution is 7.99.